The second-order valence-electron chi connectivity index (χ2n) is 8.63. The van der Waals surface area contributed by atoms with Gasteiger partial charge < -0.3 is 10.2 Å². The molecule has 0 atom stereocenters. The molecule has 1 aromatic heterocycles. The van der Waals surface area contributed by atoms with Gasteiger partial charge in [-0.3, -0.25) is 14.6 Å². The average Bonchev–Trinajstić information content (AvgIpc) is 3.68. The molecule has 1 N–H and O–H groups in total. The zero-order valence-electron chi connectivity index (χ0n) is 18.6. The molecule has 1 saturated carbocycles. The van der Waals surface area contributed by atoms with Crippen LogP contribution in [0.3, 0.4) is 0 Å². The van der Waals surface area contributed by atoms with E-state index in [0.717, 1.165) is 18.4 Å². The third-order valence-corrected chi connectivity index (χ3v) is 8.20. The molecule has 33 heavy (non-hydrogen) atoms. The third-order valence-electron chi connectivity index (χ3n) is 6.18. The zero-order chi connectivity index (χ0) is 23.3. The molecule has 0 bridgehead atoms. The summed E-state index contributed by atoms with van der Waals surface area (Å²) in [5, 5.41) is 2.81. The summed E-state index contributed by atoms with van der Waals surface area (Å²) in [7, 11) is -3.55. The number of likely N-dealkylation sites (tertiary alicyclic amines) is 1. The fourth-order valence-corrected chi connectivity index (χ4v) is 6.23. The number of carbonyl (C=O) groups is 2. The van der Waals surface area contributed by atoms with Crippen molar-refractivity contribution in [3.05, 3.63) is 60.4 Å². The number of hydrogen-bond acceptors (Lipinski definition) is 5. The van der Waals surface area contributed by atoms with Gasteiger partial charge in [0.25, 0.3) is 0 Å². The molecule has 2 fully saturated rings. The first-order valence-electron chi connectivity index (χ1n) is 11.5. The Morgan fingerprint density at radius 2 is 1.67 bits per heavy atom. The van der Waals surface area contributed by atoms with Crippen LogP contribution in [0.5, 0.6) is 0 Å². The quantitative estimate of drug-likeness (QED) is 0.606. The van der Waals surface area contributed by atoms with Gasteiger partial charge in [0.15, 0.2) is 0 Å². The summed E-state index contributed by atoms with van der Waals surface area (Å²) < 4.78 is 28.2. The first-order valence-corrected chi connectivity index (χ1v) is 12.9. The summed E-state index contributed by atoms with van der Waals surface area (Å²) in [6.45, 7) is 1.40. The number of carbonyl (C=O) groups excluding carboxylic acids is 2. The second kappa shape index (κ2) is 10.4. The number of nitrogens with one attached hydrogen (secondary N) is 1. The van der Waals surface area contributed by atoms with Crippen LogP contribution in [-0.4, -0.2) is 59.6 Å². The lowest BCUT2D eigenvalue weighted by molar-refractivity contribution is -0.134. The van der Waals surface area contributed by atoms with Gasteiger partial charge in [-0.2, -0.15) is 4.31 Å². The maximum Gasteiger partial charge on any atom is 0.243 e. The van der Waals surface area contributed by atoms with Crippen LogP contribution in [0.1, 0.15) is 44.1 Å². The maximum atomic E-state index is 13.3. The summed E-state index contributed by atoms with van der Waals surface area (Å²) in [5.41, 5.74) is 0.907. The fraction of sp³-hybridized carbons (Fsp3) is 0.458. The van der Waals surface area contributed by atoms with Crippen LogP contribution in [-0.2, 0) is 26.2 Å². The molecule has 1 aromatic carbocycles. The smallest absolute Gasteiger partial charge is 0.243 e. The van der Waals surface area contributed by atoms with Crippen LogP contribution >= 0.6 is 0 Å². The Hall–Kier alpha value is -2.78. The van der Waals surface area contributed by atoms with E-state index in [9.17, 15) is 18.0 Å². The summed E-state index contributed by atoms with van der Waals surface area (Å²) in [6.07, 6.45) is 6.65. The molecule has 1 aliphatic heterocycles. The largest absolute Gasteiger partial charge is 0.352 e. The van der Waals surface area contributed by atoms with E-state index in [1.165, 1.54) is 0 Å². The Bertz CT molecular complexity index is 1050. The molecule has 4 rings (SSSR count). The molecular formula is C24H30N4O4S. The Labute approximate surface area is 195 Å². The van der Waals surface area contributed by atoms with Gasteiger partial charge in [-0.1, -0.05) is 24.3 Å². The number of piperidine rings is 1. The highest BCUT2D eigenvalue weighted by molar-refractivity contribution is 7.89. The van der Waals surface area contributed by atoms with E-state index in [4.69, 9.17) is 0 Å². The lowest BCUT2D eigenvalue weighted by Gasteiger charge is -2.38. The predicted molar refractivity (Wildman–Crippen MR) is 123 cm³/mol. The van der Waals surface area contributed by atoms with Crippen LogP contribution in [0.4, 0.5) is 0 Å². The number of amides is 2. The Balaban J connectivity index is 1.26. The monoisotopic (exact) mass is 470 g/mol. The van der Waals surface area contributed by atoms with Crippen molar-refractivity contribution in [1.29, 1.82) is 0 Å². The molecule has 2 amide bonds. The van der Waals surface area contributed by atoms with E-state index in [1.807, 2.05) is 18.2 Å². The first kappa shape index (κ1) is 23.4. The Morgan fingerprint density at radius 1 is 0.970 bits per heavy atom. The molecule has 176 valence electrons. The van der Waals surface area contributed by atoms with Crippen LogP contribution in [0.2, 0.25) is 0 Å². The van der Waals surface area contributed by atoms with Gasteiger partial charge in [-0.15, -0.1) is 0 Å². The van der Waals surface area contributed by atoms with Crippen molar-refractivity contribution in [2.45, 2.75) is 62.0 Å². The third kappa shape index (κ3) is 5.97. The van der Waals surface area contributed by atoms with E-state index in [-0.39, 0.29) is 36.7 Å². The number of hydrogen-bond donors (Lipinski definition) is 1. The van der Waals surface area contributed by atoms with Gasteiger partial charge in [0.1, 0.15) is 0 Å². The Morgan fingerprint density at radius 3 is 2.30 bits per heavy atom. The number of sulfonamides is 1. The zero-order valence-corrected chi connectivity index (χ0v) is 19.4. The first-order chi connectivity index (χ1) is 15.9. The highest BCUT2D eigenvalue weighted by atomic mass is 32.2. The van der Waals surface area contributed by atoms with Crippen LogP contribution in [0.25, 0.3) is 0 Å². The normalized spacial score (nSPS) is 17.2. The molecule has 0 spiro atoms. The second-order valence-corrected chi connectivity index (χ2v) is 10.5. The number of benzene rings is 1. The van der Waals surface area contributed by atoms with Crippen molar-refractivity contribution in [2.24, 2.45) is 0 Å². The van der Waals surface area contributed by atoms with Crippen molar-refractivity contribution in [3.8, 4) is 0 Å². The molecule has 2 aliphatic rings. The molecule has 0 radical (unpaired) electrons. The summed E-state index contributed by atoms with van der Waals surface area (Å²) in [5.74, 6) is -0.232. The van der Waals surface area contributed by atoms with E-state index in [2.05, 4.69) is 10.3 Å². The van der Waals surface area contributed by atoms with Crippen molar-refractivity contribution in [3.63, 3.8) is 0 Å². The van der Waals surface area contributed by atoms with Gasteiger partial charge in [0.2, 0.25) is 21.8 Å². The summed E-state index contributed by atoms with van der Waals surface area (Å²) >= 11 is 0. The number of nitrogens with zero attached hydrogens (tertiary/aromatic N) is 3. The van der Waals surface area contributed by atoms with Crippen LogP contribution in [0.15, 0.2) is 59.8 Å². The topological polar surface area (TPSA) is 99.7 Å². The van der Waals surface area contributed by atoms with E-state index in [1.54, 1.807) is 45.9 Å². The maximum absolute atomic E-state index is 13.3. The molecule has 2 heterocycles. The fourth-order valence-electron chi connectivity index (χ4n) is 4.27. The molecule has 0 unspecified atom stereocenters. The number of pyridine rings is 1. The number of aromatic nitrogens is 1. The average molecular weight is 471 g/mol. The minimum Gasteiger partial charge on any atom is -0.352 e. The van der Waals surface area contributed by atoms with E-state index < -0.39 is 10.0 Å². The SMILES string of the molecule is O=C(CCC(=O)N1CCC(N(C2CC2)S(=O)(=O)c2ccccc2)CC1)NCc1cccnc1. The molecule has 9 heteroatoms. The standard InChI is InChI=1S/C24H30N4O4S/c29-23(26-18-19-5-4-14-25-17-19)10-11-24(30)27-15-12-21(13-16-27)28(20-8-9-20)33(31,32)22-6-2-1-3-7-22/h1-7,14,17,20-21H,8-13,15-16,18H2,(H,26,29). The van der Waals surface area contributed by atoms with Crippen LogP contribution in [0, 0.1) is 0 Å². The highest BCUT2D eigenvalue weighted by Gasteiger charge is 2.43. The molecule has 8 nitrogen and oxygen atoms in total. The lowest BCUT2D eigenvalue weighted by atomic mass is 10.0. The lowest BCUT2D eigenvalue weighted by Crippen LogP contribution is -2.49. The van der Waals surface area contributed by atoms with Crippen molar-refractivity contribution < 1.29 is 18.0 Å². The van der Waals surface area contributed by atoms with Gasteiger partial charge in [0, 0.05) is 57.0 Å². The Kier molecular flexibility index (Phi) is 7.39. The number of rotatable bonds is 9. The summed E-state index contributed by atoms with van der Waals surface area (Å²) in [4.78, 5) is 30.8. The van der Waals surface area contributed by atoms with Gasteiger partial charge in [-0.05, 0) is 49.4 Å². The van der Waals surface area contributed by atoms with Gasteiger partial charge in [0.05, 0.1) is 4.90 Å². The van der Waals surface area contributed by atoms with E-state index in [0.29, 0.717) is 37.4 Å². The van der Waals surface area contributed by atoms with Gasteiger partial charge >= 0.3 is 0 Å². The van der Waals surface area contributed by atoms with E-state index >= 15 is 0 Å². The molecule has 1 aliphatic carbocycles. The highest BCUT2D eigenvalue weighted by Crippen LogP contribution is 2.36. The predicted octanol–water partition coefficient (Wildman–Crippen LogP) is 2.32. The molecular weight excluding hydrogens is 440 g/mol. The minimum absolute atomic E-state index is 0.0611. The van der Waals surface area contributed by atoms with Crippen molar-refractivity contribution in [2.75, 3.05) is 13.1 Å². The molecule has 1 saturated heterocycles. The minimum atomic E-state index is -3.55. The summed E-state index contributed by atoms with van der Waals surface area (Å²) in [6, 6.07) is 12.2. The van der Waals surface area contributed by atoms with Crippen LogP contribution < -0.4 is 5.32 Å². The molecule has 2 aromatic rings. The van der Waals surface area contributed by atoms with Gasteiger partial charge in [-0.25, -0.2) is 8.42 Å². The van der Waals surface area contributed by atoms with Crippen molar-refractivity contribution >= 4 is 21.8 Å². The van der Waals surface area contributed by atoms with Crippen molar-refractivity contribution in [1.82, 2.24) is 19.5 Å².